The first-order chi connectivity index (χ1) is 12.1. The summed E-state index contributed by atoms with van der Waals surface area (Å²) < 4.78 is 5.26. The van der Waals surface area contributed by atoms with Crippen molar-refractivity contribution in [2.75, 3.05) is 26.3 Å². The zero-order valence-corrected chi connectivity index (χ0v) is 14.1. The van der Waals surface area contributed by atoms with Crippen LogP contribution in [0.2, 0.25) is 0 Å². The van der Waals surface area contributed by atoms with Crippen LogP contribution in [0.1, 0.15) is 39.5 Å². The molecule has 0 spiro atoms. The van der Waals surface area contributed by atoms with Crippen LogP contribution in [0.25, 0.3) is 0 Å². The molecule has 0 saturated carbocycles. The Labute approximate surface area is 146 Å². The molecule has 2 amide bonds. The minimum atomic E-state index is -0.298. The van der Waals surface area contributed by atoms with Gasteiger partial charge in [-0.15, -0.1) is 0 Å². The fourth-order valence-electron chi connectivity index (χ4n) is 2.70. The van der Waals surface area contributed by atoms with Gasteiger partial charge in [0.1, 0.15) is 11.4 Å². The molecule has 1 aromatic heterocycles. The third kappa shape index (κ3) is 4.22. The average molecular weight is 339 g/mol. The Bertz CT molecular complexity index is 743. The van der Waals surface area contributed by atoms with Gasteiger partial charge in [-0.2, -0.15) is 0 Å². The van der Waals surface area contributed by atoms with Crippen molar-refractivity contribution >= 4 is 11.8 Å². The maximum atomic E-state index is 12.5. The number of nitrogens with one attached hydrogen (secondary N) is 1. The summed E-state index contributed by atoms with van der Waals surface area (Å²) in [5.74, 6) is -0.470. The number of pyridine rings is 1. The Hall–Kier alpha value is -2.73. The Kier molecular flexibility index (Phi) is 5.40. The van der Waals surface area contributed by atoms with Gasteiger partial charge in [0, 0.05) is 13.1 Å². The van der Waals surface area contributed by atoms with E-state index in [9.17, 15) is 9.59 Å². The van der Waals surface area contributed by atoms with Gasteiger partial charge in [0.25, 0.3) is 11.8 Å². The van der Waals surface area contributed by atoms with Crippen LogP contribution < -0.4 is 5.32 Å². The first kappa shape index (κ1) is 17.1. The van der Waals surface area contributed by atoms with Gasteiger partial charge in [0.05, 0.1) is 19.3 Å². The van der Waals surface area contributed by atoms with Gasteiger partial charge in [0.15, 0.2) is 0 Å². The predicted octanol–water partition coefficient (Wildman–Crippen LogP) is 2.04. The molecule has 1 aliphatic heterocycles. The molecule has 25 heavy (non-hydrogen) atoms. The van der Waals surface area contributed by atoms with Gasteiger partial charge in [-0.25, -0.2) is 4.98 Å². The standard InChI is InChI=1S/C19H21N3O3/c1-14(15-6-3-2-4-7-15)20-18(23)16-8-5-9-17(21-16)19(24)22-10-12-25-13-11-22/h2-9,14H,10-13H2,1H3,(H,20,23). The number of aromatic nitrogens is 1. The number of amides is 2. The van der Waals surface area contributed by atoms with E-state index in [0.29, 0.717) is 26.3 Å². The summed E-state index contributed by atoms with van der Waals surface area (Å²) in [7, 11) is 0. The van der Waals surface area contributed by atoms with Crippen molar-refractivity contribution in [1.29, 1.82) is 0 Å². The van der Waals surface area contributed by atoms with Crippen molar-refractivity contribution in [2.45, 2.75) is 13.0 Å². The first-order valence-electron chi connectivity index (χ1n) is 8.35. The summed E-state index contributed by atoms with van der Waals surface area (Å²) in [5.41, 5.74) is 1.53. The summed E-state index contributed by atoms with van der Waals surface area (Å²) in [5, 5.41) is 2.91. The fourth-order valence-corrected chi connectivity index (χ4v) is 2.70. The lowest BCUT2D eigenvalue weighted by Crippen LogP contribution is -2.41. The molecule has 2 heterocycles. The van der Waals surface area contributed by atoms with Crippen molar-refractivity contribution in [1.82, 2.24) is 15.2 Å². The molecular formula is C19H21N3O3. The maximum absolute atomic E-state index is 12.5. The van der Waals surface area contributed by atoms with Crippen molar-refractivity contribution in [3.05, 3.63) is 65.5 Å². The normalized spacial score (nSPS) is 15.5. The second kappa shape index (κ2) is 7.90. The van der Waals surface area contributed by atoms with E-state index in [0.717, 1.165) is 5.56 Å². The summed E-state index contributed by atoms with van der Waals surface area (Å²) >= 11 is 0. The van der Waals surface area contributed by atoms with Crippen LogP contribution in [-0.2, 0) is 4.74 Å². The van der Waals surface area contributed by atoms with Crippen molar-refractivity contribution in [2.24, 2.45) is 0 Å². The molecule has 1 N–H and O–H groups in total. The summed E-state index contributed by atoms with van der Waals surface area (Å²) in [4.78, 5) is 30.9. The molecule has 6 heteroatoms. The zero-order chi connectivity index (χ0) is 17.6. The highest BCUT2D eigenvalue weighted by atomic mass is 16.5. The SMILES string of the molecule is CC(NC(=O)c1cccc(C(=O)N2CCOCC2)n1)c1ccccc1. The van der Waals surface area contributed by atoms with E-state index in [1.165, 1.54) is 0 Å². The van der Waals surface area contributed by atoms with Gasteiger partial charge in [-0.1, -0.05) is 36.4 Å². The van der Waals surface area contributed by atoms with E-state index >= 15 is 0 Å². The van der Waals surface area contributed by atoms with Crippen molar-refractivity contribution in [3.8, 4) is 0 Å². The molecule has 1 aliphatic rings. The minimum Gasteiger partial charge on any atom is -0.378 e. The lowest BCUT2D eigenvalue weighted by atomic mass is 10.1. The number of ether oxygens (including phenoxy) is 1. The quantitative estimate of drug-likeness (QED) is 0.925. The van der Waals surface area contributed by atoms with Crippen LogP contribution in [0.4, 0.5) is 0 Å². The second-order valence-corrected chi connectivity index (χ2v) is 5.92. The molecule has 1 saturated heterocycles. The number of morpholine rings is 1. The van der Waals surface area contributed by atoms with Crippen molar-refractivity contribution in [3.63, 3.8) is 0 Å². The first-order valence-corrected chi connectivity index (χ1v) is 8.35. The fraction of sp³-hybridized carbons (Fsp3) is 0.316. The number of hydrogen-bond donors (Lipinski definition) is 1. The van der Waals surface area contributed by atoms with Crippen LogP contribution in [-0.4, -0.2) is 48.0 Å². The molecule has 0 bridgehead atoms. The summed E-state index contributed by atoms with van der Waals surface area (Å²) in [6.07, 6.45) is 0. The molecule has 0 radical (unpaired) electrons. The molecular weight excluding hydrogens is 318 g/mol. The molecule has 0 aliphatic carbocycles. The Morgan fingerprint density at radius 3 is 2.44 bits per heavy atom. The van der Waals surface area contributed by atoms with Crippen LogP contribution >= 0.6 is 0 Å². The van der Waals surface area contributed by atoms with Gasteiger partial charge in [-0.3, -0.25) is 9.59 Å². The van der Waals surface area contributed by atoms with Gasteiger partial charge in [0.2, 0.25) is 0 Å². The monoisotopic (exact) mass is 339 g/mol. The van der Waals surface area contributed by atoms with Crippen LogP contribution in [0.5, 0.6) is 0 Å². The van der Waals surface area contributed by atoms with E-state index < -0.39 is 0 Å². The van der Waals surface area contributed by atoms with E-state index in [4.69, 9.17) is 4.74 Å². The Morgan fingerprint density at radius 2 is 1.72 bits per heavy atom. The summed E-state index contributed by atoms with van der Waals surface area (Å²) in [6, 6.07) is 14.5. The van der Waals surface area contributed by atoms with Crippen LogP contribution in [0.15, 0.2) is 48.5 Å². The van der Waals surface area contributed by atoms with E-state index in [1.54, 1.807) is 23.1 Å². The van der Waals surface area contributed by atoms with Gasteiger partial charge >= 0.3 is 0 Å². The average Bonchev–Trinajstić information content (AvgIpc) is 2.68. The third-order valence-electron chi connectivity index (χ3n) is 4.15. The number of rotatable bonds is 4. The molecule has 130 valence electrons. The summed E-state index contributed by atoms with van der Waals surface area (Å²) in [6.45, 7) is 4.06. The van der Waals surface area contributed by atoms with Gasteiger partial charge < -0.3 is 15.0 Å². The highest BCUT2D eigenvalue weighted by Crippen LogP contribution is 2.12. The molecule has 1 aromatic carbocycles. The Balaban J connectivity index is 1.70. The molecule has 6 nitrogen and oxygen atoms in total. The smallest absolute Gasteiger partial charge is 0.272 e. The topological polar surface area (TPSA) is 71.5 Å². The molecule has 1 fully saturated rings. The third-order valence-corrected chi connectivity index (χ3v) is 4.15. The zero-order valence-electron chi connectivity index (χ0n) is 14.1. The minimum absolute atomic E-state index is 0.144. The predicted molar refractivity (Wildman–Crippen MR) is 93.3 cm³/mol. The second-order valence-electron chi connectivity index (χ2n) is 5.92. The van der Waals surface area contributed by atoms with E-state index in [-0.39, 0.29) is 29.2 Å². The van der Waals surface area contributed by atoms with Crippen LogP contribution in [0, 0.1) is 0 Å². The highest BCUT2D eigenvalue weighted by Gasteiger charge is 2.21. The van der Waals surface area contributed by atoms with E-state index in [1.807, 2.05) is 37.3 Å². The van der Waals surface area contributed by atoms with Crippen LogP contribution in [0.3, 0.4) is 0 Å². The molecule has 1 atom stereocenters. The maximum Gasteiger partial charge on any atom is 0.272 e. The lowest BCUT2D eigenvalue weighted by Gasteiger charge is -2.26. The van der Waals surface area contributed by atoms with Crippen molar-refractivity contribution < 1.29 is 14.3 Å². The number of nitrogens with zero attached hydrogens (tertiary/aromatic N) is 2. The molecule has 2 aromatic rings. The highest BCUT2D eigenvalue weighted by molar-refractivity contribution is 5.96. The van der Waals surface area contributed by atoms with Gasteiger partial charge in [-0.05, 0) is 24.6 Å². The number of carbonyl (C=O) groups is 2. The lowest BCUT2D eigenvalue weighted by molar-refractivity contribution is 0.0299. The number of benzene rings is 1. The Morgan fingerprint density at radius 1 is 1.04 bits per heavy atom. The molecule has 3 rings (SSSR count). The largest absolute Gasteiger partial charge is 0.378 e. The van der Waals surface area contributed by atoms with E-state index in [2.05, 4.69) is 10.3 Å². The number of carbonyl (C=O) groups excluding carboxylic acids is 2. The number of hydrogen-bond acceptors (Lipinski definition) is 4. The molecule has 1 unspecified atom stereocenters.